The fourth-order valence-electron chi connectivity index (χ4n) is 1.19. The van der Waals surface area contributed by atoms with E-state index in [0.717, 1.165) is 25.9 Å². The molecule has 0 radical (unpaired) electrons. The van der Waals surface area contributed by atoms with E-state index in [1.165, 1.54) is 0 Å². The predicted molar refractivity (Wildman–Crippen MR) is 52.0 cm³/mol. The van der Waals surface area contributed by atoms with E-state index in [1.54, 1.807) is 4.90 Å². The van der Waals surface area contributed by atoms with Crippen LogP contribution in [0.4, 0.5) is 4.79 Å². The molecule has 0 aliphatic carbocycles. The van der Waals surface area contributed by atoms with Gasteiger partial charge in [0.05, 0.1) is 20.0 Å². The van der Waals surface area contributed by atoms with E-state index >= 15 is 0 Å². The third-order valence-corrected chi connectivity index (χ3v) is 2.42. The van der Waals surface area contributed by atoms with Gasteiger partial charge in [0, 0.05) is 13.1 Å². The molecule has 70 valence electrons. The summed E-state index contributed by atoms with van der Waals surface area (Å²) in [7, 11) is -1.42. The first kappa shape index (κ1) is 9.79. The Labute approximate surface area is 74.5 Å². The van der Waals surface area contributed by atoms with Gasteiger partial charge in [0.25, 0.3) is 0 Å². The van der Waals surface area contributed by atoms with Gasteiger partial charge in [-0.2, -0.15) is 0 Å². The van der Waals surface area contributed by atoms with Crippen molar-refractivity contribution < 1.29 is 9.32 Å². The molecule has 0 spiro atoms. The third kappa shape index (κ3) is 2.98. The lowest BCUT2D eigenvalue weighted by atomic mass is 10.4. The Morgan fingerprint density at radius 3 is 2.17 bits per heavy atom. The van der Waals surface area contributed by atoms with Crippen molar-refractivity contribution >= 4 is 13.6 Å². The van der Waals surface area contributed by atoms with E-state index in [1.807, 2.05) is 20.0 Å². The van der Waals surface area contributed by atoms with Crippen LogP contribution in [-0.2, 0) is 4.52 Å². The number of hydrogen-bond donors (Lipinski definition) is 0. The monoisotopic (exact) mass is 190 g/mol. The summed E-state index contributed by atoms with van der Waals surface area (Å²) in [5, 5.41) is 0. The van der Waals surface area contributed by atoms with Crippen LogP contribution in [-0.4, -0.2) is 44.1 Å². The molecule has 1 fully saturated rings. The number of carbonyl (C=O) groups excluding carboxylic acids is 1. The number of amides is 1. The van der Waals surface area contributed by atoms with Crippen LogP contribution in [0.2, 0.25) is 0 Å². The summed E-state index contributed by atoms with van der Waals surface area (Å²) < 4.78 is 5.32. The third-order valence-electron chi connectivity index (χ3n) is 1.72. The van der Waals surface area contributed by atoms with Crippen LogP contribution in [0.15, 0.2) is 0 Å². The van der Waals surface area contributed by atoms with Gasteiger partial charge in [0.2, 0.25) is 0 Å². The van der Waals surface area contributed by atoms with E-state index < -0.39 is 7.49 Å². The minimum absolute atomic E-state index is 0.117. The molecule has 0 saturated carbocycles. The molecule has 4 heteroatoms. The highest BCUT2D eigenvalue weighted by Gasteiger charge is 2.29. The maximum absolute atomic E-state index is 11.4. The fourth-order valence-corrected chi connectivity index (χ4v) is 1.78. The summed E-state index contributed by atoms with van der Waals surface area (Å²) in [5.74, 6) is 0. The topological polar surface area (TPSA) is 29.5 Å². The van der Waals surface area contributed by atoms with Gasteiger partial charge >= 0.3 is 6.09 Å². The lowest BCUT2D eigenvalue weighted by Gasteiger charge is -2.17. The summed E-state index contributed by atoms with van der Waals surface area (Å²) in [6.07, 6.45) is 2.13. The highest BCUT2D eigenvalue weighted by molar-refractivity contribution is 7.69. The molecule has 1 heterocycles. The fraction of sp³-hybridized carbons (Fsp3) is 0.875. The molecule has 0 aromatic carbocycles. The molecular formula is C8H17NO2P+. The summed E-state index contributed by atoms with van der Waals surface area (Å²) in [4.78, 5) is 13.2. The van der Waals surface area contributed by atoms with Crippen LogP contribution >= 0.6 is 7.49 Å². The second-order valence-electron chi connectivity index (χ2n) is 3.94. The van der Waals surface area contributed by atoms with E-state index in [4.69, 9.17) is 4.52 Å². The van der Waals surface area contributed by atoms with Crippen LogP contribution < -0.4 is 0 Å². The van der Waals surface area contributed by atoms with E-state index in [0.29, 0.717) is 0 Å². The van der Waals surface area contributed by atoms with Crippen molar-refractivity contribution in [1.29, 1.82) is 0 Å². The molecule has 0 aromatic rings. The molecule has 0 N–H and O–H groups in total. The first-order valence-electron chi connectivity index (χ1n) is 4.29. The van der Waals surface area contributed by atoms with Gasteiger partial charge in [-0.1, -0.05) is 0 Å². The first-order chi connectivity index (χ1) is 5.49. The first-order valence-corrected chi connectivity index (χ1v) is 7.34. The summed E-state index contributed by atoms with van der Waals surface area (Å²) in [5.41, 5.74) is 0. The second kappa shape index (κ2) is 3.61. The van der Waals surface area contributed by atoms with Gasteiger partial charge in [0.15, 0.2) is 7.49 Å². The van der Waals surface area contributed by atoms with Gasteiger partial charge < -0.3 is 4.90 Å². The summed E-state index contributed by atoms with van der Waals surface area (Å²) in [6, 6.07) is 0. The summed E-state index contributed by atoms with van der Waals surface area (Å²) in [6.45, 7) is 7.75. The van der Waals surface area contributed by atoms with Gasteiger partial charge in [0.1, 0.15) is 0 Å². The van der Waals surface area contributed by atoms with Crippen molar-refractivity contribution in [2.24, 2.45) is 0 Å². The van der Waals surface area contributed by atoms with Crippen LogP contribution in [0.25, 0.3) is 0 Å². The molecule has 12 heavy (non-hydrogen) atoms. The number of carbonyl (C=O) groups is 1. The molecular weight excluding hydrogens is 173 g/mol. The Morgan fingerprint density at radius 1 is 1.25 bits per heavy atom. The number of hydrogen-bond acceptors (Lipinski definition) is 2. The van der Waals surface area contributed by atoms with Crippen LogP contribution in [0.1, 0.15) is 12.8 Å². The quantitative estimate of drug-likeness (QED) is 0.592. The Bertz CT molecular complexity index is 170. The zero-order valence-corrected chi connectivity index (χ0v) is 8.93. The zero-order chi connectivity index (χ0) is 9.19. The molecule has 1 aliphatic heterocycles. The Balaban J connectivity index is 2.37. The molecule has 1 rings (SSSR count). The Hall–Kier alpha value is -0.300. The zero-order valence-electron chi connectivity index (χ0n) is 8.04. The molecule has 3 nitrogen and oxygen atoms in total. The molecule has 1 saturated heterocycles. The largest absolute Gasteiger partial charge is 0.447 e. The predicted octanol–water partition coefficient (Wildman–Crippen LogP) is 2.04. The number of nitrogens with zero attached hydrogens (tertiary/aromatic N) is 1. The highest BCUT2D eigenvalue weighted by atomic mass is 31.2. The normalized spacial score (nSPS) is 18.1. The van der Waals surface area contributed by atoms with Crippen molar-refractivity contribution in [3.63, 3.8) is 0 Å². The van der Waals surface area contributed by atoms with Gasteiger partial charge in [-0.05, 0) is 12.8 Å². The molecule has 0 aromatic heterocycles. The van der Waals surface area contributed by atoms with Crippen molar-refractivity contribution in [2.75, 3.05) is 33.1 Å². The van der Waals surface area contributed by atoms with E-state index in [2.05, 4.69) is 0 Å². The number of likely N-dealkylation sites (tertiary alicyclic amines) is 1. The van der Waals surface area contributed by atoms with Gasteiger partial charge in [-0.25, -0.2) is 4.79 Å². The lowest BCUT2D eigenvalue weighted by molar-refractivity contribution is 0.167. The molecule has 0 atom stereocenters. The summed E-state index contributed by atoms with van der Waals surface area (Å²) >= 11 is 0. The Morgan fingerprint density at radius 2 is 1.75 bits per heavy atom. The number of rotatable bonds is 1. The smallest absolute Gasteiger partial charge is 0.305 e. The minimum atomic E-state index is -1.42. The Kier molecular flexibility index (Phi) is 2.94. The van der Waals surface area contributed by atoms with E-state index in [9.17, 15) is 4.79 Å². The standard InChI is InChI=1S/C8H17NO2P/c1-12(2,3)11-8(10)9-6-4-5-7-9/h4-7H2,1-3H3/q+1. The van der Waals surface area contributed by atoms with Gasteiger partial charge in [-0.3, -0.25) is 4.52 Å². The van der Waals surface area contributed by atoms with Crippen LogP contribution in [0, 0.1) is 0 Å². The lowest BCUT2D eigenvalue weighted by Crippen LogP contribution is -2.28. The maximum atomic E-state index is 11.4. The highest BCUT2D eigenvalue weighted by Crippen LogP contribution is 2.48. The molecule has 0 bridgehead atoms. The molecule has 0 unspecified atom stereocenters. The van der Waals surface area contributed by atoms with Crippen LogP contribution in [0.3, 0.4) is 0 Å². The van der Waals surface area contributed by atoms with E-state index in [-0.39, 0.29) is 6.09 Å². The average molecular weight is 190 g/mol. The average Bonchev–Trinajstić information content (AvgIpc) is 2.32. The SMILES string of the molecule is C[P+](C)(C)OC(=O)N1CCCC1. The second-order valence-corrected chi connectivity index (χ2v) is 7.90. The molecule has 1 amide bonds. The maximum Gasteiger partial charge on any atom is 0.447 e. The van der Waals surface area contributed by atoms with Crippen molar-refractivity contribution in [1.82, 2.24) is 4.90 Å². The van der Waals surface area contributed by atoms with Gasteiger partial charge in [-0.15, -0.1) is 0 Å². The van der Waals surface area contributed by atoms with Crippen molar-refractivity contribution in [3.05, 3.63) is 0 Å². The molecule has 1 aliphatic rings. The van der Waals surface area contributed by atoms with Crippen molar-refractivity contribution in [2.45, 2.75) is 12.8 Å². The minimum Gasteiger partial charge on any atom is -0.305 e. The van der Waals surface area contributed by atoms with Crippen LogP contribution in [0.5, 0.6) is 0 Å². The van der Waals surface area contributed by atoms with Crippen molar-refractivity contribution in [3.8, 4) is 0 Å².